The number of amides is 1. The second-order valence-corrected chi connectivity index (χ2v) is 6.49. The van der Waals surface area contributed by atoms with Crippen LogP contribution >= 0.6 is 0 Å². The summed E-state index contributed by atoms with van der Waals surface area (Å²) in [4.78, 5) is 21.3. The Morgan fingerprint density at radius 3 is 2.65 bits per heavy atom. The van der Waals surface area contributed by atoms with Gasteiger partial charge in [0.15, 0.2) is 11.5 Å². The molecule has 1 saturated carbocycles. The van der Waals surface area contributed by atoms with Crippen LogP contribution in [0.2, 0.25) is 0 Å². The minimum Gasteiger partial charge on any atom is -0.496 e. The van der Waals surface area contributed by atoms with Crippen molar-refractivity contribution in [2.24, 2.45) is 0 Å². The van der Waals surface area contributed by atoms with Crippen LogP contribution in [-0.2, 0) is 6.54 Å². The van der Waals surface area contributed by atoms with Gasteiger partial charge in [-0.15, -0.1) is 0 Å². The third kappa shape index (κ3) is 3.29. The summed E-state index contributed by atoms with van der Waals surface area (Å²) >= 11 is 0. The molecular formula is C19H21N3O4. The molecule has 1 amide bonds. The van der Waals surface area contributed by atoms with Gasteiger partial charge in [0.2, 0.25) is 0 Å². The Labute approximate surface area is 151 Å². The Hall–Kier alpha value is -2.83. The highest BCUT2D eigenvalue weighted by Gasteiger charge is 2.27. The standard InChI is InChI=1S/C19H21N3O4/c1-11-14(10-20-18(22-11)12-3-4-12)19(23)21-9-13-7-16-17(8-15(13)24-2)26-6-5-25-16/h7-8,10,12H,3-6,9H2,1-2H3,(H,21,23). The topological polar surface area (TPSA) is 82.6 Å². The summed E-state index contributed by atoms with van der Waals surface area (Å²) in [6.07, 6.45) is 3.89. The zero-order chi connectivity index (χ0) is 18.1. The number of hydrogen-bond donors (Lipinski definition) is 1. The first-order valence-electron chi connectivity index (χ1n) is 8.74. The van der Waals surface area contributed by atoms with Crippen molar-refractivity contribution < 1.29 is 19.0 Å². The number of carbonyl (C=O) groups is 1. The molecule has 0 unspecified atom stereocenters. The van der Waals surface area contributed by atoms with Crippen molar-refractivity contribution in [3.8, 4) is 17.2 Å². The molecule has 1 aliphatic carbocycles. The Kier molecular flexibility index (Phi) is 4.36. The number of benzene rings is 1. The fourth-order valence-electron chi connectivity index (χ4n) is 2.96. The molecule has 2 aliphatic rings. The molecule has 4 rings (SSSR count). The summed E-state index contributed by atoms with van der Waals surface area (Å²) in [5, 5.41) is 2.91. The zero-order valence-electron chi connectivity index (χ0n) is 14.9. The van der Waals surface area contributed by atoms with E-state index in [0.29, 0.717) is 54.2 Å². The van der Waals surface area contributed by atoms with Crippen LogP contribution in [0.25, 0.3) is 0 Å². The minimum absolute atomic E-state index is 0.207. The normalized spacial score (nSPS) is 15.5. The molecule has 26 heavy (non-hydrogen) atoms. The van der Waals surface area contributed by atoms with Gasteiger partial charge in [0.05, 0.1) is 18.4 Å². The van der Waals surface area contributed by atoms with E-state index in [-0.39, 0.29) is 5.91 Å². The number of aryl methyl sites for hydroxylation is 1. The lowest BCUT2D eigenvalue weighted by molar-refractivity contribution is 0.0949. The SMILES string of the molecule is COc1cc2c(cc1CNC(=O)c1cnc(C3CC3)nc1C)OCCO2. The average molecular weight is 355 g/mol. The van der Waals surface area contributed by atoms with Gasteiger partial charge in [0.1, 0.15) is 24.8 Å². The number of carbonyl (C=O) groups excluding carboxylic acids is 1. The van der Waals surface area contributed by atoms with Crippen molar-refractivity contribution in [1.29, 1.82) is 0 Å². The van der Waals surface area contributed by atoms with E-state index in [1.54, 1.807) is 19.4 Å². The first-order valence-corrected chi connectivity index (χ1v) is 8.74. The van der Waals surface area contributed by atoms with Crippen molar-refractivity contribution in [1.82, 2.24) is 15.3 Å². The molecule has 0 spiro atoms. The number of ether oxygens (including phenoxy) is 3. The summed E-state index contributed by atoms with van der Waals surface area (Å²) in [7, 11) is 1.59. The smallest absolute Gasteiger partial charge is 0.254 e. The van der Waals surface area contributed by atoms with Gasteiger partial charge in [-0.1, -0.05) is 0 Å². The van der Waals surface area contributed by atoms with Crippen LogP contribution in [0.3, 0.4) is 0 Å². The molecule has 0 radical (unpaired) electrons. The number of hydrogen-bond acceptors (Lipinski definition) is 6. The monoisotopic (exact) mass is 355 g/mol. The Morgan fingerprint density at radius 1 is 1.27 bits per heavy atom. The van der Waals surface area contributed by atoms with Crippen LogP contribution in [0.1, 0.15) is 46.2 Å². The maximum Gasteiger partial charge on any atom is 0.254 e. The maximum atomic E-state index is 12.5. The average Bonchev–Trinajstić information content (AvgIpc) is 3.50. The lowest BCUT2D eigenvalue weighted by Gasteiger charge is -2.21. The number of nitrogens with zero attached hydrogens (tertiary/aromatic N) is 2. The van der Waals surface area contributed by atoms with Gasteiger partial charge in [0, 0.05) is 30.3 Å². The molecule has 1 aliphatic heterocycles. The molecule has 7 nitrogen and oxygen atoms in total. The van der Waals surface area contributed by atoms with Gasteiger partial charge in [-0.2, -0.15) is 0 Å². The predicted molar refractivity (Wildman–Crippen MR) is 93.9 cm³/mol. The van der Waals surface area contributed by atoms with Gasteiger partial charge in [-0.25, -0.2) is 9.97 Å². The van der Waals surface area contributed by atoms with Crippen LogP contribution in [-0.4, -0.2) is 36.2 Å². The number of nitrogens with one attached hydrogen (secondary N) is 1. The molecule has 1 aromatic carbocycles. The van der Waals surface area contributed by atoms with E-state index in [2.05, 4.69) is 15.3 Å². The number of aromatic nitrogens is 2. The van der Waals surface area contributed by atoms with E-state index in [9.17, 15) is 4.79 Å². The second-order valence-electron chi connectivity index (χ2n) is 6.49. The Balaban J connectivity index is 1.49. The summed E-state index contributed by atoms with van der Waals surface area (Å²) in [6, 6.07) is 3.63. The Bertz CT molecular complexity index is 849. The molecule has 0 saturated heterocycles. The summed E-state index contributed by atoms with van der Waals surface area (Å²) in [5.41, 5.74) is 2.01. The van der Waals surface area contributed by atoms with E-state index in [1.165, 1.54) is 0 Å². The van der Waals surface area contributed by atoms with E-state index in [0.717, 1.165) is 24.2 Å². The molecule has 2 aromatic rings. The quantitative estimate of drug-likeness (QED) is 0.887. The molecule has 2 heterocycles. The third-order valence-electron chi connectivity index (χ3n) is 4.57. The fourth-order valence-corrected chi connectivity index (χ4v) is 2.96. The van der Waals surface area contributed by atoms with Crippen molar-refractivity contribution in [3.63, 3.8) is 0 Å². The second kappa shape index (κ2) is 6.82. The van der Waals surface area contributed by atoms with Gasteiger partial charge >= 0.3 is 0 Å². The third-order valence-corrected chi connectivity index (χ3v) is 4.57. The van der Waals surface area contributed by atoms with Crippen molar-refractivity contribution in [3.05, 3.63) is 41.0 Å². The molecule has 7 heteroatoms. The van der Waals surface area contributed by atoms with Gasteiger partial charge in [0.25, 0.3) is 5.91 Å². The highest BCUT2D eigenvalue weighted by atomic mass is 16.6. The molecular weight excluding hydrogens is 334 g/mol. The van der Waals surface area contributed by atoms with Crippen LogP contribution in [0.4, 0.5) is 0 Å². The van der Waals surface area contributed by atoms with Crippen molar-refractivity contribution in [2.75, 3.05) is 20.3 Å². The van der Waals surface area contributed by atoms with E-state index < -0.39 is 0 Å². The first kappa shape index (κ1) is 16.6. The van der Waals surface area contributed by atoms with Crippen molar-refractivity contribution >= 4 is 5.91 Å². The number of methoxy groups -OCH3 is 1. The predicted octanol–water partition coefficient (Wildman–Crippen LogP) is 2.37. The van der Waals surface area contributed by atoms with E-state index >= 15 is 0 Å². The van der Waals surface area contributed by atoms with Gasteiger partial charge < -0.3 is 19.5 Å². The van der Waals surface area contributed by atoms with Gasteiger partial charge in [-0.05, 0) is 25.8 Å². The summed E-state index contributed by atoms with van der Waals surface area (Å²) in [6.45, 7) is 3.17. The fraction of sp³-hybridized carbons (Fsp3) is 0.421. The Morgan fingerprint density at radius 2 is 2.00 bits per heavy atom. The highest BCUT2D eigenvalue weighted by molar-refractivity contribution is 5.94. The van der Waals surface area contributed by atoms with E-state index in [4.69, 9.17) is 14.2 Å². The van der Waals surface area contributed by atoms with E-state index in [1.807, 2.05) is 13.0 Å². The number of rotatable bonds is 5. The summed E-state index contributed by atoms with van der Waals surface area (Å²) in [5.74, 6) is 3.06. The van der Waals surface area contributed by atoms with Crippen LogP contribution in [0.15, 0.2) is 18.3 Å². The minimum atomic E-state index is -0.207. The zero-order valence-corrected chi connectivity index (χ0v) is 14.9. The maximum absolute atomic E-state index is 12.5. The molecule has 136 valence electrons. The van der Waals surface area contributed by atoms with Crippen LogP contribution in [0.5, 0.6) is 17.2 Å². The molecule has 1 fully saturated rings. The molecule has 1 N–H and O–H groups in total. The highest BCUT2D eigenvalue weighted by Crippen LogP contribution is 2.38. The first-order chi connectivity index (χ1) is 12.7. The summed E-state index contributed by atoms with van der Waals surface area (Å²) < 4.78 is 16.6. The molecule has 0 atom stereocenters. The van der Waals surface area contributed by atoms with Crippen molar-refractivity contribution in [2.45, 2.75) is 32.2 Å². The lowest BCUT2D eigenvalue weighted by atomic mass is 10.1. The lowest BCUT2D eigenvalue weighted by Crippen LogP contribution is -2.25. The number of fused-ring (bicyclic) bond motifs is 1. The molecule has 0 bridgehead atoms. The van der Waals surface area contributed by atoms with Crippen LogP contribution in [0, 0.1) is 6.92 Å². The van der Waals surface area contributed by atoms with Gasteiger partial charge in [-0.3, -0.25) is 4.79 Å². The largest absolute Gasteiger partial charge is 0.496 e. The van der Waals surface area contributed by atoms with Crippen LogP contribution < -0.4 is 19.5 Å². The molecule has 1 aromatic heterocycles.